The highest BCUT2D eigenvalue weighted by Gasteiger charge is 2.20. The monoisotopic (exact) mass is 503 g/mol. The maximum absolute atomic E-state index is 4.98. The van der Waals surface area contributed by atoms with Gasteiger partial charge in [0.05, 0.1) is 32.8 Å². The standard InChI is InChI=1S/C34H21N3S/c1-2-14-26(33-34-27(19-21-36-33)24-12-5-8-18-31(24)38-34)25(13-1)32-30(17-9-20-35-32)37-28-15-6-3-10-22(28)23-11-4-7-16-29(23)37/h1-21H. The Bertz CT molecular complexity index is 2100. The Labute approximate surface area is 223 Å². The smallest absolute Gasteiger partial charge is 0.0949 e. The third kappa shape index (κ3) is 3.07. The molecular formula is C34H21N3S. The zero-order valence-corrected chi connectivity index (χ0v) is 21.2. The summed E-state index contributed by atoms with van der Waals surface area (Å²) in [5.74, 6) is 0. The fraction of sp³-hybridized carbons (Fsp3) is 0. The minimum absolute atomic E-state index is 0.939. The molecule has 178 valence electrons. The van der Waals surface area contributed by atoms with Crippen LogP contribution in [0, 0.1) is 0 Å². The molecular weight excluding hydrogens is 482 g/mol. The highest BCUT2D eigenvalue weighted by Crippen LogP contribution is 2.42. The van der Waals surface area contributed by atoms with Crippen LogP contribution < -0.4 is 0 Å². The van der Waals surface area contributed by atoms with E-state index in [2.05, 4.69) is 114 Å². The number of thiophene rings is 1. The van der Waals surface area contributed by atoms with Gasteiger partial charge in [-0.15, -0.1) is 11.3 Å². The van der Waals surface area contributed by atoms with E-state index >= 15 is 0 Å². The van der Waals surface area contributed by atoms with Crippen molar-refractivity contribution in [2.75, 3.05) is 0 Å². The minimum Gasteiger partial charge on any atom is -0.307 e. The van der Waals surface area contributed by atoms with Crippen LogP contribution in [0.25, 0.3) is 70.2 Å². The van der Waals surface area contributed by atoms with E-state index in [0.717, 1.165) is 28.2 Å². The zero-order valence-electron chi connectivity index (χ0n) is 20.4. The Balaban J connectivity index is 1.43. The Hall–Kier alpha value is -4.80. The van der Waals surface area contributed by atoms with Gasteiger partial charge in [-0.1, -0.05) is 78.9 Å². The lowest BCUT2D eigenvalue weighted by atomic mass is 9.98. The van der Waals surface area contributed by atoms with Gasteiger partial charge in [0.1, 0.15) is 0 Å². The van der Waals surface area contributed by atoms with E-state index < -0.39 is 0 Å². The second-order valence-corrected chi connectivity index (χ2v) is 10.5. The van der Waals surface area contributed by atoms with Gasteiger partial charge in [0.25, 0.3) is 0 Å². The third-order valence-corrected chi connectivity index (χ3v) is 8.53. The Morgan fingerprint density at radius 2 is 1.08 bits per heavy atom. The predicted molar refractivity (Wildman–Crippen MR) is 160 cm³/mol. The summed E-state index contributed by atoms with van der Waals surface area (Å²) >= 11 is 1.80. The van der Waals surface area contributed by atoms with Crippen LogP contribution in [0.4, 0.5) is 0 Å². The molecule has 4 heterocycles. The van der Waals surface area contributed by atoms with E-state index in [1.54, 1.807) is 11.3 Å². The lowest BCUT2D eigenvalue weighted by Crippen LogP contribution is -2.00. The molecule has 4 aromatic carbocycles. The van der Waals surface area contributed by atoms with Gasteiger partial charge < -0.3 is 4.57 Å². The molecule has 0 aliphatic carbocycles. The van der Waals surface area contributed by atoms with E-state index in [1.807, 2.05) is 18.5 Å². The van der Waals surface area contributed by atoms with Crippen molar-refractivity contribution in [1.29, 1.82) is 0 Å². The lowest BCUT2D eigenvalue weighted by molar-refractivity contribution is 1.14. The lowest BCUT2D eigenvalue weighted by Gasteiger charge is -2.15. The summed E-state index contributed by atoms with van der Waals surface area (Å²) in [5.41, 5.74) is 7.50. The van der Waals surface area contributed by atoms with Crippen LogP contribution >= 0.6 is 11.3 Å². The number of aromatic nitrogens is 3. The SMILES string of the molecule is c1ccc(-c2nccc3c2sc2ccccc23)c(-c2ncccc2-n2c3ccccc3c3ccccc32)c1. The normalized spacial score (nSPS) is 11.7. The van der Waals surface area contributed by atoms with Crippen LogP contribution in [0.1, 0.15) is 0 Å². The van der Waals surface area contributed by atoms with Gasteiger partial charge in [-0.3, -0.25) is 9.97 Å². The van der Waals surface area contributed by atoms with Crippen LogP contribution in [-0.2, 0) is 0 Å². The highest BCUT2D eigenvalue weighted by molar-refractivity contribution is 7.26. The topological polar surface area (TPSA) is 30.7 Å². The average Bonchev–Trinajstić information content (AvgIpc) is 3.53. The zero-order chi connectivity index (χ0) is 25.1. The third-order valence-electron chi connectivity index (χ3n) is 7.34. The molecule has 8 aromatic rings. The summed E-state index contributed by atoms with van der Waals surface area (Å²) in [6.45, 7) is 0. The van der Waals surface area contributed by atoms with Crippen LogP contribution in [-0.4, -0.2) is 14.5 Å². The molecule has 8 rings (SSSR count). The molecule has 0 spiro atoms. The summed E-state index contributed by atoms with van der Waals surface area (Å²) in [6.07, 6.45) is 3.82. The number of hydrogen-bond acceptors (Lipinski definition) is 3. The van der Waals surface area contributed by atoms with E-state index in [1.165, 1.54) is 42.0 Å². The molecule has 0 unspecified atom stereocenters. The number of benzene rings is 4. The molecule has 0 aliphatic rings. The maximum atomic E-state index is 4.98. The first-order chi connectivity index (χ1) is 18.9. The molecule has 4 heteroatoms. The molecule has 0 N–H and O–H groups in total. The summed E-state index contributed by atoms with van der Waals surface area (Å²) < 4.78 is 4.82. The molecule has 0 amide bonds. The first kappa shape index (κ1) is 21.3. The Morgan fingerprint density at radius 3 is 1.84 bits per heavy atom. The van der Waals surface area contributed by atoms with Gasteiger partial charge in [0.15, 0.2) is 0 Å². The molecule has 3 nitrogen and oxygen atoms in total. The van der Waals surface area contributed by atoms with Gasteiger partial charge in [0.2, 0.25) is 0 Å². The first-order valence-electron chi connectivity index (χ1n) is 12.7. The van der Waals surface area contributed by atoms with Crippen molar-refractivity contribution in [2.24, 2.45) is 0 Å². The van der Waals surface area contributed by atoms with E-state index in [4.69, 9.17) is 9.97 Å². The Kier molecular flexibility index (Phi) is 4.69. The van der Waals surface area contributed by atoms with Gasteiger partial charge >= 0.3 is 0 Å². The first-order valence-corrected chi connectivity index (χ1v) is 13.5. The van der Waals surface area contributed by atoms with Crippen LogP contribution in [0.3, 0.4) is 0 Å². The molecule has 0 saturated carbocycles. The molecule has 0 fully saturated rings. The van der Waals surface area contributed by atoms with Crippen molar-refractivity contribution >= 4 is 53.3 Å². The van der Waals surface area contributed by atoms with Gasteiger partial charge in [-0.25, -0.2) is 0 Å². The number of pyridine rings is 2. The number of fused-ring (bicyclic) bond motifs is 6. The number of rotatable bonds is 3. The highest BCUT2D eigenvalue weighted by atomic mass is 32.1. The minimum atomic E-state index is 0.939. The van der Waals surface area contributed by atoms with Crippen molar-refractivity contribution in [3.8, 4) is 28.2 Å². The summed E-state index contributed by atoms with van der Waals surface area (Å²) in [7, 11) is 0. The fourth-order valence-electron chi connectivity index (χ4n) is 5.71. The largest absolute Gasteiger partial charge is 0.307 e. The quantitative estimate of drug-likeness (QED) is 0.240. The van der Waals surface area contributed by atoms with Crippen LogP contribution in [0.15, 0.2) is 128 Å². The van der Waals surface area contributed by atoms with Gasteiger partial charge in [-0.05, 0) is 36.4 Å². The molecule has 4 aromatic heterocycles. The summed E-state index contributed by atoms with van der Waals surface area (Å²) in [4.78, 5) is 9.91. The van der Waals surface area contributed by atoms with Gasteiger partial charge in [0, 0.05) is 49.8 Å². The van der Waals surface area contributed by atoms with Crippen molar-refractivity contribution in [2.45, 2.75) is 0 Å². The molecule has 0 atom stereocenters. The van der Waals surface area contributed by atoms with Crippen molar-refractivity contribution in [3.05, 3.63) is 128 Å². The summed E-state index contributed by atoms with van der Waals surface area (Å²) in [6, 6.07) is 40.7. The van der Waals surface area contributed by atoms with Crippen molar-refractivity contribution in [1.82, 2.24) is 14.5 Å². The van der Waals surface area contributed by atoms with E-state index in [9.17, 15) is 0 Å². The molecule has 0 aliphatic heterocycles. The predicted octanol–water partition coefficient (Wildman–Crippen LogP) is 9.28. The van der Waals surface area contributed by atoms with E-state index in [0.29, 0.717) is 0 Å². The van der Waals surface area contributed by atoms with Gasteiger partial charge in [-0.2, -0.15) is 0 Å². The van der Waals surface area contributed by atoms with Crippen molar-refractivity contribution in [3.63, 3.8) is 0 Å². The second kappa shape index (κ2) is 8.37. The summed E-state index contributed by atoms with van der Waals surface area (Å²) in [5, 5.41) is 5.00. The molecule has 0 bridgehead atoms. The van der Waals surface area contributed by atoms with Crippen LogP contribution in [0.5, 0.6) is 0 Å². The average molecular weight is 504 g/mol. The number of nitrogens with zero attached hydrogens (tertiary/aromatic N) is 3. The van der Waals surface area contributed by atoms with Crippen molar-refractivity contribution < 1.29 is 0 Å². The number of hydrogen-bond donors (Lipinski definition) is 0. The molecule has 0 saturated heterocycles. The fourth-order valence-corrected chi connectivity index (χ4v) is 6.91. The maximum Gasteiger partial charge on any atom is 0.0949 e. The van der Waals surface area contributed by atoms with Crippen LogP contribution in [0.2, 0.25) is 0 Å². The second-order valence-electron chi connectivity index (χ2n) is 9.42. The van der Waals surface area contributed by atoms with E-state index in [-0.39, 0.29) is 0 Å². The number of para-hydroxylation sites is 2. The molecule has 38 heavy (non-hydrogen) atoms. The molecule has 0 radical (unpaired) electrons. The Morgan fingerprint density at radius 1 is 0.474 bits per heavy atom.